The molecule has 2 aromatic carbocycles. The first-order valence-electron chi connectivity index (χ1n) is 11.0. The summed E-state index contributed by atoms with van der Waals surface area (Å²) in [6.07, 6.45) is -5.76. The SMILES string of the molecule is CS(=O)(=O)c1cccc(N2C[C@H](S(=O)(=O)c3ccccc3C(F)(F)F)C[C@@H]2OC(=O)NC2(C#N)CC2)c1. The van der Waals surface area contributed by atoms with Gasteiger partial charge in [-0.1, -0.05) is 18.2 Å². The molecule has 1 heterocycles. The number of sulfone groups is 2. The van der Waals surface area contributed by atoms with Crippen molar-refractivity contribution < 1.29 is 39.5 Å². The molecule has 1 saturated heterocycles. The second-order valence-electron chi connectivity index (χ2n) is 9.00. The maximum Gasteiger partial charge on any atom is 0.417 e. The Bertz CT molecular complexity index is 1480. The van der Waals surface area contributed by atoms with Gasteiger partial charge in [0, 0.05) is 24.9 Å². The Morgan fingerprint density at radius 3 is 2.41 bits per heavy atom. The molecular weight excluding hydrogens is 535 g/mol. The van der Waals surface area contributed by atoms with E-state index in [4.69, 9.17) is 4.74 Å². The molecule has 1 amide bonds. The predicted octanol–water partition coefficient (Wildman–Crippen LogP) is 3.27. The summed E-state index contributed by atoms with van der Waals surface area (Å²) in [5.74, 6) is 0. The summed E-state index contributed by atoms with van der Waals surface area (Å²) in [5.41, 5.74) is -2.19. The van der Waals surface area contributed by atoms with Gasteiger partial charge in [0.25, 0.3) is 0 Å². The van der Waals surface area contributed by atoms with Crippen molar-refractivity contribution in [2.24, 2.45) is 0 Å². The Labute approximate surface area is 211 Å². The van der Waals surface area contributed by atoms with Crippen LogP contribution in [0.3, 0.4) is 0 Å². The molecule has 2 aliphatic rings. The largest absolute Gasteiger partial charge is 0.425 e. The maximum atomic E-state index is 13.6. The number of nitrogens with zero attached hydrogens (tertiary/aromatic N) is 2. The minimum atomic E-state index is -4.92. The third kappa shape index (κ3) is 5.52. The van der Waals surface area contributed by atoms with Crippen LogP contribution >= 0.6 is 0 Å². The first-order chi connectivity index (χ1) is 17.2. The number of amides is 1. The van der Waals surface area contributed by atoms with Gasteiger partial charge in [0.05, 0.1) is 26.7 Å². The maximum absolute atomic E-state index is 13.6. The lowest BCUT2D eigenvalue weighted by Gasteiger charge is -2.27. The summed E-state index contributed by atoms with van der Waals surface area (Å²) in [5, 5.41) is 10.2. The summed E-state index contributed by atoms with van der Waals surface area (Å²) in [7, 11) is -8.22. The van der Waals surface area contributed by atoms with Gasteiger partial charge in [-0.3, -0.25) is 0 Å². The fourth-order valence-electron chi connectivity index (χ4n) is 4.13. The Morgan fingerprint density at radius 2 is 1.81 bits per heavy atom. The molecule has 1 N–H and O–H groups in total. The lowest BCUT2D eigenvalue weighted by molar-refractivity contribution is -0.139. The van der Waals surface area contributed by atoms with E-state index in [9.17, 15) is 40.1 Å². The average molecular weight is 558 g/mol. The van der Waals surface area contributed by atoms with Gasteiger partial charge < -0.3 is 15.0 Å². The van der Waals surface area contributed by atoms with Gasteiger partial charge >= 0.3 is 12.3 Å². The fourth-order valence-corrected chi connectivity index (χ4v) is 6.68. The number of carbonyl (C=O) groups is 1. The highest BCUT2D eigenvalue weighted by molar-refractivity contribution is 7.92. The van der Waals surface area contributed by atoms with E-state index in [1.165, 1.54) is 35.2 Å². The van der Waals surface area contributed by atoms with Crippen molar-refractivity contribution in [2.75, 3.05) is 17.7 Å². The smallest absolute Gasteiger partial charge is 0.417 e. The van der Waals surface area contributed by atoms with E-state index >= 15 is 0 Å². The van der Waals surface area contributed by atoms with Gasteiger partial charge in [0.2, 0.25) is 0 Å². The van der Waals surface area contributed by atoms with Crippen molar-refractivity contribution in [3.63, 3.8) is 0 Å². The molecule has 14 heteroatoms. The lowest BCUT2D eigenvalue weighted by Crippen LogP contribution is -2.41. The zero-order valence-corrected chi connectivity index (χ0v) is 21.0. The van der Waals surface area contributed by atoms with E-state index in [2.05, 4.69) is 5.32 Å². The number of alkyl halides is 3. The second-order valence-corrected chi connectivity index (χ2v) is 13.2. The van der Waals surface area contributed by atoms with E-state index in [0.717, 1.165) is 18.4 Å². The van der Waals surface area contributed by atoms with Gasteiger partial charge in [0.15, 0.2) is 25.9 Å². The van der Waals surface area contributed by atoms with Gasteiger partial charge in [-0.05, 0) is 43.2 Å². The second kappa shape index (κ2) is 9.21. The topological polar surface area (TPSA) is 134 Å². The van der Waals surface area contributed by atoms with Gasteiger partial charge in [-0.2, -0.15) is 18.4 Å². The highest BCUT2D eigenvalue weighted by Gasteiger charge is 2.48. The quantitative estimate of drug-likeness (QED) is 0.572. The predicted molar refractivity (Wildman–Crippen MR) is 125 cm³/mol. The zero-order valence-electron chi connectivity index (χ0n) is 19.4. The normalized spacial score (nSPS) is 21.2. The molecule has 1 aliphatic heterocycles. The molecule has 37 heavy (non-hydrogen) atoms. The minimum absolute atomic E-state index is 0.0802. The van der Waals surface area contributed by atoms with Gasteiger partial charge in [-0.25, -0.2) is 21.6 Å². The molecule has 0 unspecified atom stereocenters. The van der Waals surface area contributed by atoms with Crippen molar-refractivity contribution in [3.05, 3.63) is 54.1 Å². The van der Waals surface area contributed by atoms with Crippen molar-refractivity contribution in [3.8, 4) is 6.07 Å². The molecule has 0 radical (unpaired) electrons. The third-order valence-corrected chi connectivity index (χ3v) is 9.57. The van der Waals surface area contributed by atoms with Crippen LogP contribution < -0.4 is 10.2 Å². The molecule has 0 bridgehead atoms. The molecule has 198 valence electrons. The summed E-state index contributed by atoms with van der Waals surface area (Å²) in [4.78, 5) is 12.9. The number of rotatable bonds is 6. The van der Waals surface area contributed by atoms with Crippen LogP contribution in [0, 0.1) is 11.3 Å². The Balaban J connectivity index is 1.70. The van der Waals surface area contributed by atoms with Crippen LogP contribution in [-0.4, -0.2) is 52.7 Å². The number of carbonyl (C=O) groups excluding carboxylic acids is 1. The number of nitrogens with one attached hydrogen (secondary N) is 1. The monoisotopic (exact) mass is 557 g/mol. The first kappa shape index (κ1) is 26.7. The number of halogens is 3. The van der Waals surface area contributed by atoms with Crippen LogP contribution in [0.15, 0.2) is 58.3 Å². The van der Waals surface area contributed by atoms with Gasteiger partial charge in [-0.15, -0.1) is 0 Å². The molecular formula is C23H22F3N3O6S2. The van der Waals surface area contributed by atoms with E-state index in [-0.39, 0.29) is 23.5 Å². The molecule has 1 saturated carbocycles. The molecule has 2 atom stereocenters. The van der Waals surface area contributed by atoms with E-state index in [1.807, 2.05) is 6.07 Å². The third-order valence-electron chi connectivity index (χ3n) is 6.28. The van der Waals surface area contributed by atoms with E-state index in [0.29, 0.717) is 18.9 Å². The van der Waals surface area contributed by atoms with E-state index < -0.39 is 59.4 Å². The number of hydrogen-bond acceptors (Lipinski definition) is 8. The molecule has 2 aromatic rings. The van der Waals surface area contributed by atoms with Crippen molar-refractivity contribution in [2.45, 2.75) is 52.2 Å². The zero-order chi connectivity index (χ0) is 27.2. The highest BCUT2D eigenvalue weighted by atomic mass is 32.2. The fraction of sp³-hybridized carbons (Fsp3) is 0.391. The highest BCUT2D eigenvalue weighted by Crippen LogP contribution is 2.39. The molecule has 2 fully saturated rings. The minimum Gasteiger partial charge on any atom is -0.425 e. The summed E-state index contributed by atoms with van der Waals surface area (Å²) >= 11 is 0. The number of nitriles is 1. The number of ether oxygens (including phenoxy) is 1. The molecule has 1 aliphatic carbocycles. The molecule has 0 aromatic heterocycles. The van der Waals surface area contributed by atoms with Crippen molar-refractivity contribution in [1.82, 2.24) is 5.32 Å². The number of benzene rings is 2. The van der Waals surface area contributed by atoms with Crippen LogP contribution in [0.4, 0.5) is 23.7 Å². The van der Waals surface area contributed by atoms with Crippen molar-refractivity contribution in [1.29, 1.82) is 5.26 Å². The Hall–Kier alpha value is -3.31. The van der Waals surface area contributed by atoms with Crippen LogP contribution in [0.25, 0.3) is 0 Å². The van der Waals surface area contributed by atoms with Crippen LogP contribution in [0.2, 0.25) is 0 Å². The van der Waals surface area contributed by atoms with Crippen LogP contribution in [-0.2, 0) is 30.6 Å². The Morgan fingerprint density at radius 1 is 1.14 bits per heavy atom. The van der Waals surface area contributed by atoms with Gasteiger partial charge in [0.1, 0.15) is 5.54 Å². The molecule has 0 spiro atoms. The summed E-state index contributed by atoms with van der Waals surface area (Å²) < 4.78 is 97.0. The van der Waals surface area contributed by atoms with Crippen LogP contribution in [0.1, 0.15) is 24.8 Å². The lowest BCUT2D eigenvalue weighted by atomic mass is 10.2. The standard InChI is InChI=1S/C23H22F3N3O6S2/c1-36(31,32)16-6-4-5-15(11-16)29-13-17(12-20(29)35-21(30)28-22(14-27)9-10-22)37(33,34)19-8-3-2-7-18(19)23(24,25)26/h2-8,11,17,20H,9-10,12-13H2,1H3,(H,28,30)/t17-,20+/m1/s1. The molecule has 9 nitrogen and oxygen atoms in total. The number of hydrogen-bond donors (Lipinski definition) is 1. The first-order valence-corrected chi connectivity index (χ1v) is 14.5. The number of anilines is 1. The molecule has 4 rings (SSSR count). The summed E-state index contributed by atoms with van der Waals surface area (Å²) in [6, 6.07) is 11.2. The van der Waals surface area contributed by atoms with Crippen LogP contribution in [0.5, 0.6) is 0 Å². The number of alkyl carbamates (subject to hydrolysis) is 1. The van der Waals surface area contributed by atoms with E-state index in [1.54, 1.807) is 0 Å². The van der Waals surface area contributed by atoms with Crippen molar-refractivity contribution >= 4 is 31.5 Å². The average Bonchev–Trinajstić information content (AvgIpc) is 3.46. The Kier molecular flexibility index (Phi) is 6.66. The summed E-state index contributed by atoms with van der Waals surface area (Å²) in [6.45, 7) is -0.372.